The van der Waals surface area contributed by atoms with E-state index in [2.05, 4.69) is 13.6 Å². The van der Waals surface area contributed by atoms with Crippen LogP contribution in [0, 0.1) is 0 Å². The van der Waals surface area contributed by atoms with E-state index in [-0.39, 0.29) is 0 Å². The van der Waals surface area contributed by atoms with Gasteiger partial charge in [-0.05, 0) is 6.92 Å². The molecular formula is C7H15N2+. The minimum absolute atomic E-state index is 0.949. The predicted molar refractivity (Wildman–Crippen MR) is 40.7 cm³/mol. The molecule has 0 aromatic carbocycles. The maximum Gasteiger partial charge on any atom is 0.184 e. The average molecular weight is 127 g/mol. The molecule has 0 saturated heterocycles. The quantitative estimate of drug-likeness (QED) is 0.400. The van der Waals surface area contributed by atoms with Crippen LogP contribution in [0.5, 0.6) is 0 Å². The van der Waals surface area contributed by atoms with Crippen LogP contribution in [0.2, 0.25) is 0 Å². The van der Waals surface area contributed by atoms with Crippen LogP contribution >= 0.6 is 0 Å². The molecule has 0 amide bonds. The third-order valence-corrected chi connectivity index (χ3v) is 0.982. The lowest BCUT2D eigenvalue weighted by atomic mass is 10.7. The second kappa shape index (κ2) is 4.13. The minimum atomic E-state index is 0.949. The van der Waals surface area contributed by atoms with Gasteiger partial charge < -0.3 is 4.90 Å². The van der Waals surface area contributed by atoms with Crippen molar-refractivity contribution < 1.29 is 4.58 Å². The van der Waals surface area contributed by atoms with Crippen molar-refractivity contribution in [3.63, 3.8) is 0 Å². The second-order valence-corrected chi connectivity index (χ2v) is 2.17. The number of hydrogen-bond acceptors (Lipinski definition) is 1. The van der Waals surface area contributed by atoms with Gasteiger partial charge >= 0.3 is 0 Å². The van der Waals surface area contributed by atoms with Gasteiger partial charge in [0.15, 0.2) is 6.20 Å². The van der Waals surface area contributed by atoms with E-state index in [1.807, 2.05) is 36.0 Å². The van der Waals surface area contributed by atoms with Crippen LogP contribution in [0.25, 0.3) is 0 Å². The molecule has 0 aliphatic heterocycles. The Morgan fingerprint density at radius 3 is 2.44 bits per heavy atom. The highest BCUT2D eigenvalue weighted by Crippen LogP contribution is 1.77. The van der Waals surface area contributed by atoms with E-state index in [0.29, 0.717) is 0 Å². The van der Waals surface area contributed by atoms with E-state index >= 15 is 0 Å². The minimum Gasteiger partial charge on any atom is -0.379 e. The van der Waals surface area contributed by atoms with Crippen LogP contribution in [0.3, 0.4) is 0 Å². The first-order chi connectivity index (χ1) is 4.16. The summed E-state index contributed by atoms with van der Waals surface area (Å²) in [5, 5.41) is 0. The Bertz CT molecular complexity index is 114. The Balaban J connectivity index is 3.57. The molecule has 9 heavy (non-hydrogen) atoms. The molecule has 0 aromatic heterocycles. The summed E-state index contributed by atoms with van der Waals surface area (Å²) in [4.78, 5) is 1.98. The largest absolute Gasteiger partial charge is 0.379 e. The van der Waals surface area contributed by atoms with E-state index in [0.717, 1.165) is 6.54 Å². The highest BCUT2D eigenvalue weighted by atomic mass is 15.1. The van der Waals surface area contributed by atoms with E-state index < -0.39 is 0 Å². The Morgan fingerprint density at radius 2 is 2.11 bits per heavy atom. The summed E-state index contributed by atoms with van der Waals surface area (Å²) in [6, 6.07) is 0. The normalized spacial score (nSPS) is 10.1. The molecule has 0 bridgehead atoms. The number of rotatable bonds is 3. The predicted octanol–water partition coefficient (Wildman–Crippen LogP) is 0.752. The molecule has 0 spiro atoms. The molecule has 2 nitrogen and oxygen atoms in total. The Morgan fingerprint density at radius 1 is 1.56 bits per heavy atom. The summed E-state index contributed by atoms with van der Waals surface area (Å²) < 4.78 is 1.88. The zero-order chi connectivity index (χ0) is 7.28. The fourth-order valence-corrected chi connectivity index (χ4v) is 0.333. The van der Waals surface area contributed by atoms with Gasteiger partial charge in [-0.1, -0.05) is 0 Å². The Hall–Kier alpha value is -0.790. The first-order valence-corrected chi connectivity index (χ1v) is 3.08. The van der Waals surface area contributed by atoms with Gasteiger partial charge in [-0.2, -0.15) is 0 Å². The van der Waals surface area contributed by atoms with E-state index in [1.54, 1.807) is 0 Å². The highest BCUT2D eigenvalue weighted by Gasteiger charge is 1.85. The van der Waals surface area contributed by atoms with Gasteiger partial charge in [0.2, 0.25) is 0 Å². The summed E-state index contributed by atoms with van der Waals surface area (Å²) in [7, 11) is 3.97. The van der Waals surface area contributed by atoms with Crippen molar-refractivity contribution in [2.24, 2.45) is 0 Å². The lowest BCUT2D eigenvalue weighted by Gasteiger charge is -2.00. The third kappa shape index (κ3) is 5.07. The maximum absolute atomic E-state index is 3.75. The van der Waals surface area contributed by atoms with Crippen molar-refractivity contribution in [3.05, 3.63) is 12.4 Å². The molecule has 0 aliphatic rings. The van der Waals surface area contributed by atoms with Gasteiger partial charge in [0.25, 0.3) is 0 Å². The van der Waals surface area contributed by atoms with E-state index in [1.165, 1.54) is 0 Å². The summed E-state index contributed by atoms with van der Waals surface area (Å²) in [6.45, 7) is 6.76. The van der Waals surface area contributed by atoms with E-state index in [9.17, 15) is 0 Å². The fraction of sp³-hybridized carbons (Fsp3) is 0.571. The van der Waals surface area contributed by atoms with Crippen LogP contribution in [0.4, 0.5) is 0 Å². The molecule has 0 unspecified atom stereocenters. The van der Waals surface area contributed by atoms with Crippen molar-refractivity contribution in [1.29, 1.82) is 0 Å². The molecule has 2 heteroatoms. The zero-order valence-electron chi connectivity index (χ0n) is 6.46. The van der Waals surface area contributed by atoms with Gasteiger partial charge in [0.05, 0.1) is 6.20 Å². The van der Waals surface area contributed by atoms with Crippen molar-refractivity contribution in [1.82, 2.24) is 4.90 Å². The summed E-state index contributed by atoms with van der Waals surface area (Å²) in [6.07, 6.45) is 3.91. The van der Waals surface area contributed by atoms with Crippen LogP contribution in [0.1, 0.15) is 6.92 Å². The number of hydrogen-bond donors (Lipinski definition) is 0. The first-order valence-electron chi connectivity index (χ1n) is 3.08. The molecule has 0 aromatic rings. The average Bonchev–Trinajstić information content (AvgIpc) is 1.83. The number of nitrogens with zero attached hydrogens (tertiary/aromatic N) is 2. The van der Waals surface area contributed by atoms with Crippen LogP contribution in [-0.4, -0.2) is 36.8 Å². The van der Waals surface area contributed by atoms with Gasteiger partial charge in [-0.25, -0.2) is 4.58 Å². The second-order valence-electron chi connectivity index (χ2n) is 2.17. The van der Waals surface area contributed by atoms with Gasteiger partial charge in [0, 0.05) is 14.1 Å². The smallest absolute Gasteiger partial charge is 0.184 e. The lowest BCUT2D eigenvalue weighted by molar-refractivity contribution is -0.443. The zero-order valence-corrected chi connectivity index (χ0v) is 6.46. The molecule has 0 atom stereocenters. The molecule has 0 heterocycles. The van der Waals surface area contributed by atoms with Crippen molar-refractivity contribution in [2.45, 2.75) is 6.92 Å². The first kappa shape index (κ1) is 8.21. The van der Waals surface area contributed by atoms with Gasteiger partial charge in [0.1, 0.15) is 13.3 Å². The molecule has 0 radical (unpaired) electrons. The molecule has 0 rings (SSSR count). The molecule has 52 valence electrons. The maximum atomic E-state index is 3.75. The van der Waals surface area contributed by atoms with Crippen LogP contribution in [0.15, 0.2) is 12.4 Å². The lowest BCUT2D eigenvalue weighted by Crippen LogP contribution is -2.05. The van der Waals surface area contributed by atoms with Gasteiger partial charge in [-0.3, -0.25) is 0 Å². The Kier molecular flexibility index (Phi) is 3.76. The molecule has 0 N–H and O–H groups in total. The standard InChI is InChI=1S/C7H15N2/c1-5-9(4)7-6-8(2)3/h6-7H,4-5H2,1-3H3/q+1/b7-6-. The molecular weight excluding hydrogens is 112 g/mol. The highest BCUT2D eigenvalue weighted by molar-refractivity contribution is 5.15. The molecule has 0 aliphatic carbocycles. The third-order valence-electron chi connectivity index (χ3n) is 0.982. The SMILES string of the molecule is C=[N+](/C=C\N(C)C)CC. The summed E-state index contributed by atoms with van der Waals surface area (Å²) in [5.41, 5.74) is 0. The van der Waals surface area contributed by atoms with Crippen LogP contribution in [-0.2, 0) is 0 Å². The summed E-state index contributed by atoms with van der Waals surface area (Å²) in [5.74, 6) is 0. The van der Waals surface area contributed by atoms with Crippen molar-refractivity contribution >= 4 is 6.72 Å². The monoisotopic (exact) mass is 127 g/mol. The topological polar surface area (TPSA) is 6.25 Å². The van der Waals surface area contributed by atoms with Gasteiger partial charge in [-0.15, -0.1) is 0 Å². The summed E-state index contributed by atoms with van der Waals surface area (Å²) >= 11 is 0. The molecule has 0 saturated carbocycles. The van der Waals surface area contributed by atoms with E-state index in [4.69, 9.17) is 0 Å². The van der Waals surface area contributed by atoms with Crippen molar-refractivity contribution in [3.8, 4) is 0 Å². The van der Waals surface area contributed by atoms with Crippen molar-refractivity contribution in [2.75, 3.05) is 20.6 Å². The fourth-order valence-electron chi connectivity index (χ4n) is 0.333. The molecule has 0 fully saturated rings. The Labute approximate surface area is 57.1 Å². The van der Waals surface area contributed by atoms with Crippen LogP contribution < -0.4 is 0 Å².